The van der Waals surface area contributed by atoms with E-state index >= 15 is 0 Å². The van der Waals surface area contributed by atoms with E-state index in [1.54, 1.807) is 17.3 Å². The third kappa shape index (κ3) is 5.65. The van der Waals surface area contributed by atoms with Crippen LogP contribution in [-0.2, 0) is 19.8 Å². The Kier molecular flexibility index (Phi) is 8.08. The highest BCUT2D eigenvalue weighted by Gasteiger charge is 2.51. The van der Waals surface area contributed by atoms with Gasteiger partial charge in [0, 0.05) is 47.7 Å². The number of hydrogen-bond donors (Lipinski definition) is 4. The highest BCUT2D eigenvalue weighted by Crippen LogP contribution is 2.59. The van der Waals surface area contributed by atoms with Crippen LogP contribution >= 0.6 is 18.9 Å². The van der Waals surface area contributed by atoms with E-state index in [-0.39, 0.29) is 41.0 Å². The van der Waals surface area contributed by atoms with Crippen LogP contribution in [0.2, 0.25) is 0 Å². The molecule has 4 atom stereocenters. The summed E-state index contributed by atoms with van der Waals surface area (Å²) >= 11 is 0.979. The summed E-state index contributed by atoms with van der Waals surface area (Å²) in [5.74, 6) is -1.03. The number of rotatable bonds is 6. The van der Waals surface area contributed by atoms with Crippen molar-refractivity contribution in [3.63, 3.8) is 0 Å². The van der Waals surface area contributed by atoms with Crippen molar-refractivity contribution in [2.45, 2.75) is 67.9 Å². The van der Waals surface area contributed by atoms with Gasteiger partial charge >= 0.3 is 13.3 Å². The lowest BCUT2D eigenvalue weighted by atomic mass is 9.92. The van der Waals surface area contributed by atoms with Crippen LogP contribution in [0.4, 0.5) is 8.78 Å². The Morgan fingerprint density at radius 1 is 1.09 bits per heavy atom. The SMILES string of the molecule is O=C(N[C@H]1CC[C@H](O)C[C@H]2CC[C@@H](C(=O)N3CC(c4cccnc4)C3)N2C1=O)c1cc2cc(C(F)(F)P(=O)(O)O)ccc2s1. The zero-order valence-electron chi connectivity index (χ0n) is 23.4. The number of carbonyl (C=O) groups excluding carboxylic acids is 3. The third-order valence-electron chi connectivity index (χ3n) is 8.78. The fourth-order valence-electron chi connectivity index (χ4n) is 6.36. The second-order valence-corrected chi connectivity index (χ2v) is 14.4. The van der Waals surface area contributed by atoms with Crippen molar-refractivity contribution < 1.29 is 42.6 Å². The summed E-state index contributed by atoms with van der Waals surface area (Å²) in [6, 6.07) is 6.16. The van der Waals surface area contributed by atoms with Crippen LogP contribution in [0, 0.1) is 0 Å². The molecule has 234 valence electrons. The molecule has 15 heteroatoms. The monoisotopic (exact) mass is 648 g/mol. The van der Waals surface area contributed by atoms with Gasteiger partial charge in [0.05, 0.1) is 11.0 Å². The highest BCUT2D eigenvalue weighted by molar-refractivity contribution is 7.52. The summed E-state index contributed by atoms with van der Waals surface area (Å²) in [7, 11) is -5.77. The van der Waals surface area contributed by atoms with Gasteiger partial charge in [-0.1, -0.05) is 12.1 Å². The molecule has 3 saturated heterocycles. The number of halogens is 2. The number of likely N-dealkylation sites (tertiary alicyclic amines) is 1. The number of nitrogens with one attached hydrogen (secondary N) is 1. The quantitative estimate of drug-likeness (QED) is 0.297. The lowest BCUT2D eigenvalue weighted by molar-refractivity contribution is -0.150. The van der Waals surface area contributed by atoms with E-state index in [1.165, 1.54) is 17.0 Å². The van der Waals surface area contributed by atoms with Crippen molar-refractivity contribution in [2.75, 3.05) is 13.1 Å². The molecule has 3 amide bonds. The van der Waals surface area contributed by atoms with Crippen LogP contribution in [0.3, 0.4) is 0 Å². The molecule has 3 aliphatic rings. The first-order valence-electron chi connectivity index (χ1n) is 14.3. The number of aliphatic hydroxyl groups excluding tert-OH is 1. The predicted molar refractivity (Wildman–Crippen MR) is 156 cm³/mol. The largest absolute Gasteiger partial charge is 0.399 e. The zero-order chi connectivity index (χ0) is 31.4. The van der Waals surface area contributed by atoms with Crippen molar-refractivity contribution in [1.29, 1.82) is 0 Å². The minimum absolute atomic E-state index is 0.111. The Morgan fingerprint density at radius 2 is 1.86 bits per heavy atom. The number of pyridine rings is 1. The number of thiophene rings is 1. The predicted octanol–water partition coefficient (Wildman–Crippen LogP) is 3.15. The molecule has 0 unspecified atom stereocenters. The van der Waals surface area contributed by atoms with Crippen LogP contribution in [-0.4, -0.2) is 84.7 Å². The Labute approximate surface area is 255 Å². The van der Waals surface area contributed by atoms with Crippen molar-refractivity contribution in [3.05, 3.63) is 64.8 Å². The molecule has 0 spiro atoms. The number of nitrogens with zero attached hydrogens (tertiary/aromatic N) is 3. The Balaban J connectivity index is 1.18. The van der Waals surface area contributed by atoms with E-state index in [2.05, 4.69) is 10.3 Å². The Bertz CT molecular complexity index is 1640. The standard InChI is InChI=1S/C29H31F2N4O7PS/c30-29(31,43(40,41)42)19-3-8-24-17(10-19)11-25(44-24)26(37)33-22-6-5-21(36)12-20-4-7-23(35(20)27(22)38)28(39)34-14-18(15-34)16-2-1-9-32-13-16/h1-3,8-11,13,18,20-23,36H,4-7,12,14-15H2,(H,33,37)(H2,40,41,42)/t20-,21+,22+,23+/m1/s1. The summed E-state index contributed by atoms with van der Waals surface area (Å²) in [4.78, 5) is 66.4. The van der Waals surface area contributed by atoms with Crippen LogP contribution in [0.5, 0.6) is 0 Å². The van der Waals surface area contributed by atoms with Gasteiger partial charge in [-0.3, -0.25) is 23.9 Å². The lowest BCUT2D eigenvalue weighted by Gasteiger charge is -2.43. The summed E-state index contributed by atoms with van der Waals surface area (Å²) in [6.45, 7) is 1.04. The van der Waals surface area contributed by atoms with Gasteiger partial charge in [-0.2, -0.15) is 8.78 Å². The number of benzene rings is 1. The first-order chi connectivity index (χ1) is 20.8. The molecule has 0 saturated carbocycles. The number of amides is 3. The second kappa shape index (κ2) is 11.6. The highest BCUT2D eigenvalue weighted by atomic mass is 32.1. The van der Waals surface area contributed by atoms with Gasteiger partial charge in [0.2, 0.25) is 11.8 Å². The second-order valence-electron chi connectivity index (χ2n) is 11.7. The Hall–Kier alpha value is -3.29. The molecule has 4 N–H and O–H groups in total. The first kappa shape index (κ1) is 30.7. The fraction of sp³-hybridized carbons (Fsp3) is 0.448. The molecule has 3 aromatic rings. The number of alkyl halides is 2. The molecule has 3 fully saturated rings. The van der Waals surface area contributed by atoms with Crippen LogP contribution in [0.15, 0.2) is 48.8 Å². The van der Waals surface area contributed by atoms with Gasteiger partial charge in [-0.15, -0.1) is 11.3 Å². The van der Waals surface area contributed by atoms with Crippen molar-refractivity contribution in [2.24, 2.45) is 0 Å². The average Bonchev–Trinajstić information content (AvgIpc) is 3.57. The van der Waals surface area contributed by atoms with Gasteiger partial charge in [-0.05, 0) is 67.3 Å². The maximum Gasteiger partial charge on any atom is 0.399 e. The number of hydrogen-bond acceptors (Lipinski definition) is 7. The molecule has 6 rings (SSSR count). The molecular formula is C29H31F2N4O7PS. The average molecular weight is 649 g/mol. The summed E-state index contributed by atoms with van der Waals surface area (Å²) in [5, 5.41) is 13.6. The van der Waals surface area contributed by atoms with Crippen LogP contribution in [0.25, 0.3) is 10.1 Å². The van der Waals surface area contributed by atoms with E-state index in [1.807, 2.05) is 12.1 Å². The van der Waals surface area contributed by atoms with E-state index in [9.17, 15) is 32.8 Å². The van der Waals surface area contributed by atoms with E-state index in [0.717, 1.165) is 29.0 Å². The molecule has 0 radical (unpaired) electrons. The molecule has 0 bridgehead atoms. The first-order valence-corrected chi connectivity index (χ1v) is 16.7. The minimum Gasteiger partial charge on any atom is -0.393 e. The van der Waals surface area contributed by atoms with Gasteiger partial charge in [0.15, 0.2) is 0 Å². The summed E-state index contributed by atoms with van der Waals surface area (Å²) in [6.07, 6.45) is 4.51. The molecule has 5 heterocycles. The van der Waals surface area contributed by atoms with Crippen LogP contribution < -0.4 is 5.32 Å². The number of fused-ring (bicyclic) bond motifs is 2. The summed E-state index contributed by atoms with van der Waals surface area (Å²) < 4.78 is 40.2. The normalized spacial score (nSPS) is 24.9. The summed E-state index contributed by atoms with van der Waals surface area (Å²) in [5.41, 5.74) is -4.23. The Morgan fingerprint density at radius 3 is 2.57 bits per heavy atom. The van der Waals surface area contributed by atoms with Crippen molar-refractivity contribution in [1.82, 2.24) is 20.1 Å². The van der Waals surface area contributed by atoms with Gasteiger partial charge in [0.1, 0.15) is 12.1 Å². The van der Waals surface area contributed by atoms with Crippen molar-refractivity contribution >= 4 is 46.7 Å². The lowest BCUT2D eigenvalue weighted by Crippen LogP contribution is -2.60. The van der Waals surface area contributed by atoms with Crippen LogP contribution in [0.1, 0.15) is 58.8 Å². The van der Waals surface area contributed by atoms with Gasteiger partial charge in [0.25, 0.3) is 5.91 Å². The molecule has 0 aliphatic carbocycles. The number of carbonyl (C=O) groups is 3. The minimum atomic E-state index is -5.77. The fourth-order valence-corrected chi connectivity index (χ4v) is 7.78. The molecule has 1 aromatic carbocycles. The third-order valence-corrected chi connectivity index (χ3v) is 10.9. The molecule has 11 nitrogen and oxygen atoms in total. The smallest absolute Gasteiger partial charge is 0.393 e. The zero-order valence-corrected chi connectivity index (χ0v) is 25.1. The number of aromatic nitrogens is 1. The molecule has 44 heavy (non-hydrogen) atoms. The van der Waals surface area contributed by atoms with Gasteiger partial charge in [-0.25, -0.2) is 0 Å². The number of aliphatic hydroxyl groups is 1. The topological polar surface area (TPSA) is 160 Å². The van der Waals surface area contributed by atoms with E-state index < -0.39 is 48.8 Å². The molecule has 3 aliphatic heterocycles. The van der Waals surface area contributed by atoms with Crippen molar-refractivity contribution in [3.8, 4) is 0 Å². The molecular weight excluding hydrogens is 617 g/mol. The van der Waals surface area contributed by atoms with E-state index in [0.29, 0.717) is 37.1 Å². The maximum atomic E-state index is 14.2. The maximum absolute atomic E-state index is 14.2. The van der Waals surface area contributed by atoms with Gasteiger partial charge < -0.3 is 30.0 Å². The van der Waals surface area contributed by atoms with E-state index in [4.69, 9.17) is 9.79 Å². The molecule has 2 aromatic heterocycles.